The number of hydrogen-bond acceptors (Lipinski definition) is 3. The van der Waals surface area contributed by atoms with Crippen molar-refractivity contribution in [1.29, 1.82) is 0 Å². The van der Waals surface area contributed by atoms with Crippen molar-refractivity contribution in [3.63, 3.8) is 0 Å². The van der Waals surface area contributed by atoms with Crippen molar-refractivity contribution < 1.29 is 5.21 Å². The van der Waals surface area contributed by atoms with Crippen LogP contribution in [0.25, 0.3) is 0 Å². The number of piperidine rings is 1. The summed E-state index contributed by atoms with van der Waals surface area (Å²) >= 11 is 0. The average Bonchev–Trinajstić information content (AvgIpc) is 2.27. The summed E-state index contributed by atoms with van der Waals surface area (Å²) in [4.78, 5) is 2.35. The Kier molecular flexibility index (Phi) is 4.20. The van der Waals surface area contributed by atoms with Gasteiger partial charge in [0, 0.05) is 6.04 Å². The van der Waals surface area contributed by atoms with Crippen molar-refractivity contribution in [2.24, 2.45) is 10.9 Å². The molecule has 82 valence electrons. The first-order valence-corrected chi connectivity index (χ1v) is 5.43. The molecule has 1 aliphatic rings. The van der Waals surface area contributed by atoms with Crippen LogP contribution in [0.15, 0.2) is 5.16 Å². The lowest BCUT2D eigenvalue weighted by molar-refractivity contribution is 0.135. The van der Waals surface area contributed by atoms with E-state index in [-0.39, 0.29) is 6.04 Å². The van der Waals surface area contributed by atoms with Crippen molar-refractivity contribution in [3.8, 4) is 0 Å². The lowest BCUT2D eigenvalue weighted by Gasteiger charge is -2.38. The van der Waals surface area contributed by atoms with Crippen LogP contribution in [0.2, 0.25) is 0 Å². The Morgan fingerprint density at radius 2 is 2.36 bits per heavy atom. The van der Waals surface area contributed by atoms with Gasteiger partial charge in [0.2, 0.25) is 0 Å². The van der Waals surface area contributed by atoms with Gasteiger partial charge in [-0.25, -0.2) is 0 Å². The number of nitrogens with two attached hydrogens (primary N) is 1. The molecule has 1 fully saturated rings. The molecule has 0 aromatic carbocycles. The molecule has 4 nitrogen and oxygen atoms in total. The van der Waals surface area contributed by atoms with Gasteiger partial charge in [-0.2, -0.15) is 0 Å². The maximum atomic E-state index is 8.70. The van der Waals surface area contributed by atoms with Crippen molar-refractivity contribution in [1.82, 2.24) is 4.90 Å². The van der Waals surface area contributed by atoms with Gasteiger partial charge in [0.05, 0.1) is 6.04 Å². The lowest BCUT2D eigenvalue weighted by Crippen LogP contribution is -2.51. The summed E-state index contributed by atoms with van der Waals surface area (Å²) in [6.45, 7) is 5.43. The minimum absolute atomic E-state index is 0.142. The van der Waals surface area contributed by atoms with Crippen molar-refractivity contribution in [2.45, 2.75) is 51.6 Å². The average molecular weight is 199 g/mol. The third-order valence-electron chi connectivity index (χ3n) is 3.16. The molecule has 1 rings (SSSR count). The van der Waals surface area contributed by atoms with E-state index < -0.39 is 0 Å². The highest BCUT2D eigenvalue weighted by atomic mass is 16.4. The minimum Gasteiger partial charge on any atom is -0.409 e. The summed E-state index contributed by atoms with van der Waals surface area (Å²) in [6, 6.07) is 0.657. The highest BCUT2D eigenvalue weighted by Crippen LogP contribution is 2.20. The van der Waals surface area contributed by atoms with E-state index in [0.29, 0.717) is 11.9 Å². The molecular formula is C10H21N3O. The van der Waals surface area contributed by atoms with Crippen molar-refractivity contribution >= 4 is 5.84 Å². The number of nitrogens with zero attached hydrogens (tertiary/aromatic N) is 2. The SMILES string of the molecule is CCC(C)N1CCCCC1C(N)=NO. The van der Waals surface area contributed by atoms with Gasteiger partial charge < -0.3 is 10.9 Å². The van der Waals surface area contributed by atoms with Gasteiger partial charge in [0.1, 0.15) is 0 Å². The first-order chi connectivity index (χ1) is 6.70. The summed E-state index contributed by atoms with van der Waals surface area (Å²) < 4.78 is 0. The van der Waals surface area contributed by atoms with Crippen LogP contribution in [-0.2, 0) is 0 Å². The van der Waals surface area contributed by atoms with E-state index >= 15 is 0 Å². The molecule has 3 N–H and O–H groups in total. The van der Waals surface area contributed by atoms with E-state index in [1.807, 2.05) is 0 Å². The molecule has 1 heterocycles. The van der Waals surface area contributed by atoms with Gasteiger partial charge in [-0.15, -0.1) is 0 Å². The third kappa shape index (κ3) is 2.38. The van der Waals surface area contributed by atoms with Gasteiger partial charge in [0.15, 0.2) is 5.84 Å². The third-order valence-corrected chi connectivity index (χ3v) is 3.16. The number of hydrogen-bond donors (Lipinski definition) is 2. The van der Waals surface area contributed by atoms with Gasteiger partial charge in [-0.3, -0.25) is 4.90 Å². The standard InChI is InChI=1S/C10H21N3O/c1-3-8(2)13-7-5-4-6-9(13)10(11)12-14/h8-9,14H,3-7H2,1-2H3,(H2,11,12). The second-order valence-corrected chi connectivity index (χ2v) is 4.03. The molecule has 0 saturated carbocycles. The van der Waals surface area contributed by atoms with E-state index in [0.717, 1.165) is 19.4 Å². The van der Waals surface area contributed by atoms with Crippen LogP contribution in [0.5, 0.6) is 0 Å². The molecule has 14 heavy (non-hydrogen) atoms. The van der Waals surface area contributed by atoms with Crippen LogP contribution < -0.4 is 5.73 Å². The van der Waals surface area contributed by atoms with Crippen LogP contribution >= 0.6 is 0 Å². The maximum absolute atomic E-state index is 8.70. The zero-order chi connectivity index (χ0) is 10.6. The molecule has 0 spiro atoms. The predicted octanol–water partition coefficient (Wildman–Crippen LogP) is 1.39. The zero-order valence-corrected chi connectivity index (χ0v) is 9.11. The molecule has 0 aromatic rings. The van der Waals surface area contributed by atoms with E-state index in [1.165, 1.54) is 12.8 Å². The molecule has 4 heteroatoms. The Bertz CT molecular complexity index is 206. The number of oxime groups is 1. The Labute approximate surface area is 85.8 Å². The van der Waals surface area contributed by atoms with E-state index in [2.05, 4.69) is 23.9 Å². The summed E-state index contributed by atoms with van der Waals surface area (Å²) in [5.74, 6) is 0.366. The molecule has 0 amide bonds. The van der Waals surface area contributed by atoms with Gasteiger partial charge in [-0.1, -0.05) is 18.5 Å². The summed E-state index contributed by atoms with van der Waals surface area (Å²) in [7, 11) is 0. The quantitative estimate of drug-likeness (QED) is 0.312. The molecule has 2 unspecified atom stereocenters. The second kappa shape index (κ2) is 5.20. The van der Waals surface area contributed by atoms with Crippen molar-refractivity contribution in [3.05, 3.63) is 0 Å². The number of rotatable bonds is 3. The van der Waals surface area contributed by atoms with Crippen LogP contribution in [0, 0.1) is 0 Å². The van der Waals surface area contributed by atoms with Crippen LogP contribution in [-0.4, -0.2) is 34.6 Å². The summed E-state index contributed by atoms with van der Waals surface area (Å²) in [6.07, 6.45) is 4.52. The second-order valence-electron chi connectivity index (χ2n) is 4.03. The first kappa shape index (κ1) is 11.3. The molecule has 1 aliphatic heterocycles. The first-order valence-electron chi connectivity index (χ1n) is 5.43. The van der Waals surface area contributed by atoms with Crippen molar-refractivity contribution in [2.75, 3.05) is 6.54 Å². The Morgan fingerprint density at radius 3 is 2.93 bits per heavy atom. The number of likely N-dealkylation sites (tertiary alicyclic amines) is 1. The van der Waals surface area contributed by atoms with Crippen LogP contribution in [0.3, 0.4) is 0 Å². The zero-order valence-electron chi connectivity index (χ0n) is 9.11. The summed E-state index contributed by atoms with van der Waals surface area (Å²) in [5.41, 5.74) is 5.69. The molecular weight excluding hydrogens is 178 g/mol. The molecule has 0 aromatic heterocycles. The molecule has 0 bridgehead atoms. The van der Waals surface area contributed by atoms with Gasteiger partial charge >= 0.3 is 0 Å². The molecule has 1 saturated heterocycles. The summed E-state index contributed by atoms with van der Waals surface area (Å²) in [5, 5.41) is 11.8. The van der Waals surface area contributed by atoms with Crippen LogP contribution in [0.4, 0.5) is 0 Å². The Hall–Kier alpha value is -0.770. The fourth-order valence-corrected chi connectivity index (χ4v) is 2.10. The van der Waals surface area contributed by atoms with E-state index in [9.17, 15) is 0 Å². The maximum Gasteiger partial charge on any atom is 0.156 e. The molecule has 0 radical (unpaired) electrons. The largest absolute Gasteiger partial charge is 0.409 e. The highest BCUT2D eigenvalue weighted by molar-refractivity contribution is 5.85. The smallest absolute Gasteiger partial charge is 0.156 e. The predicted molar refractivity (Wildman–Crippen MR) is 57.5 cm³/mol. The Morgan fingerprint density at radius 1 is 1.64 bits per heavy atom. The number of amidine groups is 1. The minimum atomic E-state index is 0.142. The normalized spacial score (nSPS) is 27.6. The highest BCUT2D eigenvalue weighted by Gasteiger charge is 2.28. The Balaban J connectivity index is 2.68. The molecule has 0 aliphatic carbocycles. The topological polar surface area (TPSA) is 61.8 Å². The van der Waals surface area contributed by atoms with E-state index in [1.54, 1.807) is 0 Å². The monoisotopic (exact) mass is 199 g/mol. The van der Waals surface area contributed by atoms with Gasteiger partial charge in [0.25, 0.3) is 0 Å². The molecule has 2 atom stereocenters. The lowest BCUT2D eigenvalue weighted by atomic mass is 9.98. The fourth-order valence-electron chi connectivity index (χ4n) is 2.10. The van der Waals surface area contributed by atoms with E-state index in [4.69, 9.17) is 10.9 Å². The fraction of sp³-hybridized carbons (Fsp3) is 0.900. The van der Waals surface area contributed by atoms with Gasteiger partial charge in [-0.05, 0) is 32.7 Å². The van der Waals surface area contributed by atoms with Crippen LogP contribution in [0.1, 0.15) is 39.5 Å².